The minimum atomic E-state index is -0.351. The molecule has 0 heterocycles. The number of aryl methyl sites for hydroxylation is 1. The van der Waals surface area contributed by atoms with Gasteiger partial charge in [0.15, 0.2) is 18.1 Å². The number of methoxy groups -OCH3 is 1. The molecular weight excluding hydrogens is 510 g/mol. The van der Waals surface area contributed by atoms with E-state index >= 15 is 0 Å². The van der Waals surface area contributed by atoms with E-state index in [1.54, 1.807) is 36.4 Å². The second kappa shape index (κ2) is 11.5. The number of anilines is 1. The zero-order valence-electron chi connectivity index (χ0n) is 17.9. The van der Waals surface area contributed by atoms with Crippen LogP contribution in [0.15, 0.2) is 70.2 Å². The van der Waals surface area contributed by atoms with Crippen LogP contribution in [-0.4, -0.2) is 31.7 Å². The van der Waals surface area contributed by atoms with Gasteiger partial charge < -0.3 is 14.8 Å². The fourth-order valence-electron chi connectivity index (χ4n) is 2.76. The van der Waals surface area contributed by atoms with Crippen LogP contribution in [0.3, 0.4) is 0 Å². The first-order valence-electron chi connectivity index (χ1n) is 9.81. The van der Waals surface area contributed by atoms with Crippen LogP contribution in [0.4, 0.5) is 5.69 Å². The molecule has 0 aliphatic rings. The quantitative estimate of drug-likeness (QED) is 0.309. The van der Waals surface area contributed by atoms with Crippen LogP contribution >= 0.6 is 27.5 Å². The highest BCUT2D eigenvalue weighted by Crippen LogP contribution is 2.36. The molecule has 0 bridgehead atoms. The molecule has 170 valence electrons. The number of carbonyl (C=O) groups excluding carboxylic acids is 2. The van der Waals surface area contributed by atoms with Crippen molar-refractivity contribution in [1.82, 2.24) is 5.43 Å². The van der Waals surface area contributed by atoms with Crippen LogP contribution in [0.1, 0.15) is 21.5 Å². The SMILES string of the molecule is COc1cc(/C=N/NC(=O)c2ccc(Br)cc2)cc(Cl)c1OCC(=O)Nc1ccc(C)cc1. The monoisotopic (exact) mass is 529 g/mol. The van der Waals surface area contributed by atoms with Crippen LogP contribution in [0, 0.1) is 6.92 Å². The number of nitrogens with zero attached hydrogens (tertiary/aromatic N) is 1. The fourth-order valence-corrected chi connectivity index (χ4v) is 3.30. The van der Waals surface area contributed by atoms with Gasteiger partial charge in [-0.2, -0.15) is 5.10 Å². The van der Waals surface area contributed by atoms with Crippen molar-refractivity contribution in [3.05, 3.63) is 86.8 Å². The van der Waals surface area contributed by atoms with Crippen LogP contribution < -0.4 is 20.2 Å². The molecule has 7 nitrogen and oxygen atoms in total. The molecule has 33 heavy (non-hydrogen) atoms. The van der Waals surface area contributed by atoms with E-state index in [9.17, 15) is 9.59 Å². The molecule has 0 unspecified atom stereocenters. The van der Waals surface area contributed by atoms with Crippen LogP contribution in [0.25, 0.3) is 0 Å². The normalized spacial score (nSPS) is 10.7. The van der Waals surface area contributed by atoms with Gasteiger partial charge in [0.25, 0.3) is 11.8 Å². The Hall–Kier alpha value is -3.36. The third-order valence-electron chi connectivity index (χ3n) is 4.42. The lowest BCUT2D eigenvalue weighted by atomic mass is 10.2. The Morgan fingerprint density at radius 1 is 1.09 bits per heavy atom. The number of hydrazone groups is 1. The molecule has 3 aromatic carbocycles. The van der Waals surface area contributed by atoms with Crippen LogP contribution in [0.5, 0.6) is 11.5 Å². The van der Waals surface area contributed by atoms with E-state index in [1.807, 2.05) is 31.2 Å². The molecule has 0 aliphatic heterocycles. The molecule has 0 saturated carbocycles. The topological polar surface area (TPSA) is 89.0 Å². The first kappa shape index (κ1) is 24.3. The lowest BCUT2D eigenvalue weighted by molar-refractivity contribution is -0.118. The van der Waals surface area contributed by atoms with Gasteiger partial charge in [-0.25, -0.2) is 5.43 Å². The Morgan fingerprint density at radius 2 is 1.79 bits per heavy atom. The van der Waals surface area contributed by atoms with E-state index in [2.05, 4.69) is 31.8 Å². The summed E-state index contributed by atoms with van der Waals surface area (Å²) in [6.45, 7) is 1.72. The first-order chi connectivity index (χ1) is 15.9. The number of amides is 2. The summed E-state index contributed by atoms with van der Waals surface area (Å²) < 4.78 is 11.8. The summed E-state index contributed by atoms with van der Waals surface area (Å²) in [7, 11) is 1.46. The van der Waals surface area contributed by atoms with Crippen molar-refractivity contribution in [2.75, 3.05) is 19.0 Å². The lowest BCUT2D eigenvalue weighted by Gasteiger charge is -2.13. The smallest absolute Gasteiger partial charge is 0.271 e. The van der Waals surface area contributed by atoms with E-state index in [4.69, 9.17) is 21.1 Å². The Morgan fingerprint density at radius 3 is 2.45 bits per heavy atom. The van der Waals surface area contributed by atoms with E-state index in [0.717, 1.165) is 10.0 Å². The Bertz CT molecular complexity index is 1170. The van der Waals surface area contributed by atoms with Crippen molar-refractivity contribution in [2.45, 2.75) is 6.92 Å². The third kappa shape index (κ3) is 7.06. The number of ether oxygens (including phenoxy) is 2. The zero-order chi connectivity index (χ0) is 23.8. The van der Waals surface area contributed by atoms with Gasteiger partial charge in [-0.3, -0.25) is 9.59 Å². The molecule has 0 aromatic heterocycles. The highest BCUT2D eigenvalue weighted by molar-refractivity contribution is 9.10. The van der Waals surface area contributed by atoms with E-state index in [0.29, 0.717) is 22.6 Å². The summed E-state index contributed by atoms with van der Waals surface area (Å²) in [6.07, 6.45) is 1.43. The van der Waals surface area contributed by atoms with Crippen molar-refractivity contribution in [1.29, 1.82) is 0 Å². The summed E-state index contributed by atoms with van der Waals surface area (Å²) in [5.74, 6) is -0.129. The average molecular weight is 531 g/mol. The van der Waals surface area contributed by atoms with Gasteiger partial charge in [-0.1, -0.05) is 45.2 Å². The molecule has 3 rings (SSSR count). The second-order valence-electron chi connectivity index (χ2n) is 6.94. The number of hydrogen-bond acceptors (Lipinski definition) is 5. The minimum Gasteiger partial charge on any atom is -0.493 e. The molecule has 0 fully saturated rings. The molecule has 0 aliphatic carbocycles. The van der Waals surface area contributed by atoms with Crippen molar-refractivity contribution in [3.63, 3.8) is 0 Å². The standard InChI is InChI=1S/C24H21BrClN3O4/c1-15-3-9-19(10-4-15)28-22(30)14-33-23-20(26)11-16(12-21(23)32-2)13-27-29-24(31)17-5-7-18(25)8-6-17/h3-13H,14H2,1-2H3,(H,28,30)(H,29,31)/b27-13+. The minimum absolute atomic E-state index is 0.231. The largest absolute Gasteiger partial charge is 0.493 e. The predicted molar refractivity (Wildman–Crippen MR) is 133 cm³/mol. The molecule has 2 N–H and O–H groups in total. The van der Waals surface area contributed by atoms with Crippen molar-refractivity contribution >= 4 is 51.2 Å². The summed E-state index contributed by atoms with van der Waals surface area (Å²) in [5.41, 5.74) is 5.26. The molecule has 0 spiro atoms. The predicted octanol–water partition coefficient (Wildman–Crippen LogP) is 5.20. The molecule has 0 radical (unpaired) electrons. The number of rotatable bonds is 8. The number of nitrogens with one attached hydrogen (secondary N) is 2. The number of benzene rings is 3. The van der Waals surface area contributed by atoms with Gasteiger partial charge >= 0.3 is 0 Å². The maximum absolute atomic E-state index is 12.2. The molecule has 9 heteroatoms. The van der Waals surface area contributed by atoms with Gasteiger partial charge in [-0.15, -0.1) is 0 Å². The molecular formula is C24H21BrClN3O4. The van der Waals surface area contributed by atoms with E-state index < -0.39 is 0 Å². The Balaban J connectivity index is 1.62. The van der Waals surface area contributed by atoms with Crippen molar-refractivity contribution < 1.29 is 19.1 Å². The van der Waals surface area contributed by atoms with Crippen LogP contribution in [0.2, 0.25) is 5.02 Å². The van der Waals surface area contributed by atoms with Crippen molar-refractivity contribution in [3.8, 4) is 11.5 Å². The van der Waals surface area contributed by atoms with Gasteiger partial charge in [-0.05, 0) is 61.0 Å². The zero-order valence-corrected chi connectivity index (χ0v) is 20.2. The molecule has 0 atom stereocenters. The third-order valence-corrected chi connectivity index (χ3v) is 5.23. The Labute approximate surface area is 204 Å². The highest BCUT2D eigenvalue weighted by Gasteiger charge is 2.14. The summed E-state index contributed by atoms with van der Waals surface area (Å²) in [6, 6.07) is 17.5. The summed E-state index contributed by atoms with van der Waals surface area (Å²) in [5, 5.41) is 6.94. The number of halogens is 2. The van der Waals surface area contributed by atoms with Crippen molar-refractivity contribution in [2.24, 2.45) is 5.10 Å². The Kier molecular flexibility index (Phi) is 8.46. The average Bonchev–Trinajstić information content (AvgIpc) is 2.80. The second-order valence-corrected chi connectivity index (χ2v) is 8.27. The van der Waals surface area contributed by atoms with E-state index in [-0.39, 0.29) is 29.2 Å². The summed E-state index contributed by atoms with van der Waals surface area (Å²) >= 11 is 9.66. The fraction of sp³-hybridized carbons (Fsp3) is 0.125. The van der Waals surface area contributed by atoms with Gasteiger partial charge in [0.1, 0.15) is 0 Å². The highest BCUT2D eigenvalue weighted by atomic mass is 79.9. The maximum Gasteiger partial charge on any atom is 0.271 e. The molecule has 2 amide bonds. The van der Waals surface area contributed by atoms with Gasteiger partial charge in [0.2, 0.25) is 0 Å². The maximum atomic E-state index is 12.2. The van der Waals surface area contributed by atoms with Crippen LogP contribution in [-0.2, 0) is 4.79 Å². The number of carbonyl (C=O) groups is 2. The molecule has 3 aromatic rings. The van der Waals surface area contributed by atoms with Gasteiger partial charge in [0, 0.05) is 15.7 Å². The van der Waals surface area contributed by atoms with E-state index in [1.165, 1.54) is 13.3 Å². The first-order valence-corrected chi connectivity index (χ1v) is 11.0. The van der Waals surface area contributed by atoms with Gasteiger partial charge in [0.05, 0.1) is 18.3 Å². The lowest BCUT2D eigenvalue weighted by Crippen LogP contribution is -2.20. The molecule has 0 saturated heterocycles. The summed E-state index contributed by atoms with van der Waals surface area (Å²) in [4.78, 5) is 24.3. The number of hydrogen-bond donors (Lipinski definition) is 2.